The van der Waals surface area contributed by atoms with Crippen molar-refractivity contribution in [2.45, 2.75) is 117 Å². The van der Waals surface area contributed by atoms with Crippen LogP contribution in [-0.4, -0.2) is 138 Å². The maximum atomic E-state index is 11.6. The summed E-state index contributed by atoms with van der Waals surface area (Å²) in [7, 11) is 0. The topological polar surface area (TPSA) is 189 Å². The molecule has 0 saturated heterocycles. The van der Waals surface area contributed by atoms with E-state index in [-0.39, 0.29) is 89.1 Å². The number of unbranched alkanes of at least 4 members (excludes halogenated alkanes) is 8. The molecule has 0 radical (unpaired) electrons. The van der Waals surface area contributed by atoms with Gasteiger partial charge in [-0.2, -0.15) is 0 Å². The van der Waals surface area contributed by atoms with Gasteiger partial charge >= 0.3 is 43.7 Å². The summed E-state index contributed by atoms with van der Waals surface area (Å²) in [5.41, 5.74) is 0. The monoisotopic (exact) mass is 614 g/mol. The Kier molecular flexibility index (Phi) is 33.0. The Labute approximate surface area is 276 Å². The Bertz CT molecular complexity index is 696. The van der Waals surface area contributed by atoms with E-state index in [1.165, 1.54) is 29.1 Å². The number of nitrogens with one attached hydrogen (secondary N) is 1. The third kappa shape index (κ3) is 35.1. The zero-order valence-corrected chi connectivity index (χ0v) is 28.0. The molecular formula is C28H54CaN4O8. The van der Waals surface area contributed by atoms with Gasteiger partial charge in [-0.05, 0) is 39.0 Å². The number of carbonyl (C=O) groups excluding carboxylic acids is 2. The minimum absolute atomic E-state index is 0. The first-order chi connectivity index (χ1) is 18.9. The van der Waals surface area contributed by atoms with Crippen LogP contribution in [0.3, 0.4) is 0 Å². The maximum absolute atomic E-state index is 11.6. The van der Waals surface area contributed by atoms with Gasteiger partial charge in [0.1, 0.15) is 0 Å². The van der Waals surface area contributed by atoms with E-state index < -0.39 is 24.1 Å². The van der Waals surface area contributed by atoms with Crippen molar-refractivity contribution in [3.05, 3.63) is 0 Å². The molecule has 13 heteroatoms. The van der Waals surface area contributed by atoms with Crippen LogP contribution >= 0.6 is 0 Å². The second kappa shape index (κ2) is 30.4. The van der Waals surface area contributed by atoms with Crippen LogP contribution in [0, 0.1) is 0 Å². The molecule has 0 fully saturated rings. The summed E-state index contributed by atoms with van der Waals surface area (Å²) in [5.74, 6) is -2.50. The second-order valence-corrected chi connectivity index (χ2v) is 10.3. The molecule has 0 aromatic carbocycles. The van der Waals surface area contributed by atoms with Crippen molar-refractivity contribution in [3.63, 3.8) is 0 Å². The predicted octanol–water partition coefficient (Wildman–Crippen LogP) is 0.303. The zero-order chi connectivity index (χ0) is 30.8. The molecule has 4 N–H and O–H groups in total. The van der Waals surface area contributed by atoms with E-state index in [9.17, 15) is 34.8 Å². The molecule has 0 heterocycles. The summed E-state index contributed by atoms with van der Waals surface area (Å²) in [6, 6.07) is 0. The largest absolute Gasteiger partial charge is 2.00 e. The molecule has 0 bridgehead atoms. The smallest absolute Gasteiger partial charge is 0.862 e. The molecule has 0 aromatic rings. The molecule has 2 unspecified atom stereocenters. The normalized spacial score (nSPS) is 12.7. The molecular weight excluding hydrogens is 560 g/mol. The fourth-order valence-electron chi connectivity index (χ4n) is 3.79. The van der Waals surface area contributed by atoms with E-state index in [0.29, 0.717) is 12.8 Å². The third-order valence-electron chi connectivity index (χ3n) is 5.70. The van der Waals surface area contributed by atoms with Crippen molar-refractivity contribution < 1.29 is 39.9 Å². The van der Waals surface area contributed by atoms with E-state index in [2.05, 4.69) is 24.2 Å². The van der Waals surface area contributed by atoms with Crippen LogP contribution in [0.2, 0.25) is 0 Å². The average Bonchev–Trinajstić information content (AvgIpc) is 2.84. The molecule has 0 aliphatic heterocycles. The number of aliphatic hydroxyl groups is 2. The van der Waals surface area contributed by atoms with Crippen LogP contribution in [-0.2, 0) is 14.4 Å². The van der Waals surface area contributed by atoms with Crippen molar-refractivity contribution in [1.29, 1.82) is 0 Å². The Morgan fingerprint density at radius 2 is 1.27 bits per heavy atom. The molecule has 0 aliphatic rings. The van der Waals surface area contributed by atoms with Gasteiger partial charge in [0.15, 0.2) is 0 Å². The number of aliphatic imine (C=N–C) groups is 1. The average molecular weight is 615 g/mol. The van der Waals surface area contributed by atoms with Gasteiger partial charge in [0, 0.05) is 26.1 Å². The van der Waals surface area contributed by atoms with Gasteiger partial charge in [-0.15, -0.1) is 0 Å². The summed E-state index contributed by atoms with van der Waals surface area (Å²) in [6.45, 7) is 7.42. The van der Waals surface area contributed by atoms with Gasteiger partial charge in [-0.25, -0.2) is 0 Å². The number of amides is 1. The Morgan fingerprint density at radius 1 is 0.780 bits per heavy atom. The van der Waals surface area contributed by atoms with E-state index in [0.717, 1.165) is 44.9 Å². The summed E-state index contributed by atoms with van der Waals surface area (Å²) < 4.78 is 0. The molecule has 236 valence electrons. The Hall–Kier alpha value is -1.02. The molecule has 0 aliphatic carbocycles. The molecule has 0 rings (SSSR count). The van der Waals surface area contributed by atoms with E-state index in [4.69, 9.17) is 5.11 Å². The number of nitrogens with zero attached hydrogens (tertiary/aromatic N) is 3. The number of aliphatic carboxylic acids is 2. The number of carboxylic acid groups (broad SMARTS) is 2. The van der Waals surface area contributed by atoms with Crippen molar-refractivity contribution >= 4 is 61.5 Å². The third-order valence-corrected chi connectivity index (χ3v) is 5.70. The minimum Gasteiger partial charge on any atom is -0.862 e. The summed E-state index contributed by atoms with van der Waals surface area (Å²) >= 11 is 0. The van der Waals surface area contributed by atoms with Crippen LogP contribution in [0.1, 0.15) is 105 Å². The fourth-order valence-corrected chi connectivity index (χ4v) is 3.79. The molecule has 0 spiro atoms. The Balaban J connectivity index is -0.000000688. The fraction of sp³-hybridized carbons (Fsp3) is 0.857. The van der Waals surface area contributed by atoms with Crippen LogP contribution in [0.5, 0.6) is 0 Å². The molecule has 0 aromatic heterocycles. The van der Waals surface area contributed by atoms with Crippen molar-refractivity contribution in [2.24, 2.45) is 4.99 Å². The van der Waals surface area contributed by atoms with Crippen LogP contribution in [0.15, 0.2) is 4.99 Å². The molecule has 0 saturated carbocycles. The molecule has 1 amide bonds. The number of hydrogen-bond donors (Lipinski definition) is 4. The molecule has 41 heavy (non-hydrogen) atoms. The van der Waals surface area contributed by atoms with Crippen molar-refractivity contribution in [1.82, 2.24) is 15.1 Å². The number of aliphatic hydroxyl groups excluding tert-OH is 2. The summed E-state index contributed by atoms with van der Waals surface area (Å²) in [6.07, 6.45) is 10.3. The first-order valence-electron chi connectivity index (χ1n) is 14.6. The van der Waals surface area contributed by atoms with Gasteiger partial charge in [0.05, 0.1) is 38.1 Å². The first kappa shape index (κ1) is 44.4. The first-order valence-corrected chi connectivity index (χ1v) is 14.6. The van der Waals surface area contributed by atoms with E-state index in [1.54, 1.807) is 13.8 Å². The number of hydrogen-bond acceptors (Lipinski definition) is 10. The number of carbonyl (C=O) groups is 3. The van der Waals surface area contributed by atoms with Crippen molar-refractivity contribution in [3.8, 4) is 0 Å². The standard InChI is InChI=1S/2C14H28N2O4.Ca/c2*1-3-4-5-6-7-8-13(18)15-11-16(9-12(2)17)10-14(19)20;/h2*12,17H,3-11H2,1-2H3,(H,15,18)(H,19,20);/q;;+2/p-2. The van der Waals surface area contributed by atoms with Crippen LogP contribution in [0.4, 0.5) is 0 Å². The van der Waals surface area contributed by atoms with Gasteiger partial charge in [-0.3, -0.25) is 24.4 Å². The zero-order valence-electron chi connectivity index (χ0n) is 25.8. The second-order valence-electron chi connectivity index (χ2n) is 10.3. The van der Waals surface area contributed by atoms with Gasteiger partial charge < -0.3 is 35.6 Å². The van der Waals surface area contributed by atoms with Gasteiger partial charge in [0.2, 0.25) is 5.91 Å². The van der Waals surface area contributed by atoms with Crippen molar-refractivity contribution in [2.75, 3.05) is 39.5 Å². The Morgan fingerprint density at radius 3 is 1.73 bits per heavy atom. The molecule has 12 nitrogen and oxygen atoms in total. The summed E-state index contributed by atoms with van der Waals surface area (Å²) in [4.78, 5) is 39.5. The maximum Gasteiger partial charge on any atom is 2.00 e. The minimum atomic E-state index is -1.24. The molecule has 2 atom stereocenters. The van der Waals surface area contributed by atoms with E-state index >= 15 is 0 Å². The number of rotatable bonds is 24. The SMILES string of the molecule is CCCCCCCC(=O)NCN(CC(=O)O)CC(C)O.CCCCCCCC([O-])=NCN(CC(=O)[O-])CC(C)O.[Ca+2]. The summed E-state index contributed by atoms with van der Waals surface area (Å²) in [5, 5.41) is 52.0. The van der Waals surface area contributed by atoms with Gasteiger partial charge in [-0.1, -0.05) is 65.2 Å². The van der Waals surface area contributed by atoms with Crippen LogP contribution < -0.4 is 15.5 Å². The van der Waals surface area contributed by atoms with E-state index in [1.807, 2.05) is 0 Å². The van der Waals surface area contributed by atoms with Gasteiger partial charge in [0.25, 0.3) is 0 Å². The van der Waals surface area contributed by atoms with Crippen LogP contribution in [0.25, 0.3) is 0 Å². The predicted molar refractivity (Wildman–Crippen MR) is 157 cm³/mol. The number of carboxylic acids is 2. The quantitative estimate of drug-likeness (QED) is 0.0387.